The van der Waals surface area contributed by atoms with Gasteiger partial charge in [-0.15, -0.1) is 0 Å². The minimum Gasteiger partial charge on any atom is -0.507 e. The van der Waals surface area contributed by atoms with Crippen LogP contribution in [0.25, 0.3) is 5.76 Å². The van der Waals surface area contributed by atoms with Crippen LogP contribution in [-0.4, -0.2) is 48.1 Å². The van der Waals surface area contributed by atoms with Crippen LogP contribution in [-0.2, 0) is 14.3 Å². The summed E-state index contributed by atoms with van der Waals surface area (Å²) in [4.78, 5) is 26.7. The summed E-state index contributed by atoms with van der Waals surface area (Å²) in [5.41, 5.74) is 0.310. The van der Waals surface area contributed by atoms with Gasteiger partial charge in [0.25, 0.3) is 11.7 Å². The topological polar surface area (TPSA) is 76.1 Å². The highest BCUT2D eigenvalue weighted by Gasteiger charge is 2.46. The van der Waals surface area contributed by atoms with E-state index in [0.29, 0.717) is 11.3 Å². The number of amides is 1. The number of hydrogen-bond acceptors (Lipinski definition) is 5. The highest BCUT2D eigenvalue weighted by Crippen LogP contribution is 2.40. The standard InChI is InChI=1S/C23H24FNO5/c1-14(2)30-16-10-8-15(9-11-16)21(26)19-20(17-6-4-5-7-18(17)24)25(12-13-29-3)23(28)22(19)27/h4-11,14,20,26H,12-13H2,1-3H3/b21-19-. The van der Waals surface area contributed by atoms with Crippen molar-refractivity contribution < 1.29 is 28.6 Å². The molecule has 1 aliphatic heterocycles. The van der Waals surface area contributed by atoms with Crippen molar-refractivity contribution in [2.75, 3.05) is 20.3 Å². The summed E-state index contributed by atoms with van der Waals surface area (Å²) in [7, 11) is 1.47. The van der Waals surface area contributed by atoms with Gasteiger partial charge in [-0.2, -0.15) is 0 Å². The second-order valence-corrected chi connectivity index (χ2v) is 7.20. The lowest BCUT2D eigenvalue weighted by atomic mass is 9.95. The number of rotatable bonds is 7. The van der Waals surface area contributed by atoms with Gasteiger partial charge in [0.15, 0.2) is 0 Å². The Morgan fingerprint density at radius 3 is 2.40 bits per heavy atom. The average molecular weight is 413 g/mol. The molecule has 0 bridgehead atoms. The zero-order chi connectivity index (χ0) is 21.8. The number of ketones is 1. The molecule has 1 saturated heterocycles. The number of halogens is 1. The van der Waals surface area contributed by atoms with Gasteiger partial charge in [0.2, 0.25) is 0 Å². The van der Waals surface area contributed by atoms with E-state index in [-0.39, 0.29) is 36.2 Å². The van der Waals surface area contributed by atoms with E-state index >= 15 is 0 Å². The summed E-state index contributed by atoms with van der Waals surface area (Å²) in [6.07, 6.45) is -0.0170. The Labute approximate surface area is 174 Å². The van der Waals surface area contributed by atoms with Crippen LogP contribution in [0.3, 0.4) is 0 Å². The molecule has 6 nitrogen and oxygen atoms in total. The quantitative estimate of drug-likeness (QED) is 0.426. The summed E-state index contributed by atoms with van der Waals surface area (Å²) in [5, 5.41) is 10.9. The number of carbonyl (C=O) groups is 2. The second kappa shape index (κ2) is 9.09. The number of Topliss-reactive ketones (excluding diaryl/α,β-unsaturated/α-hetero) is 1. The van der Waals surface area contributed by atoms with Crippen molar-refractivity contribution in [3.63, 3.8) is 0 Å². The SMILES string of the molecule is COCCN1C(=O)C(=O)/C(=C(\O)c2ccc(OC(C)C)cc2)C1c1ccccc1F. The molecule has 2 aromatic carbocycles. The van der Waals surface area contributed by atoms with E-state index in [1.54, 1.807) is 30.3 Å². The summed E-state index contributed by atoms with van der Waals surface area (Å²) in [6.45, 7) is 4.03. The summed E-state index contributed by atoms with van der Waals surface area (Å²) in [6, 6.07) is 11.3. The van der Waals surface area contributed by atoms with E-state index < -0.39 is 23.5 Å². The minimum absolute atomic E-state index is 0.0170. The maximum atomic E-state index is 14.6. The lowest BCUT2D eigenvalue weighted by Crippen LogP contribution is -2.33. The fraction of sp³-hybridized carbons (Fsp3) is 0.304. The summed E-state index contributed by atoms with van der Waals surface area (Å²) < 4.78 is 25.2. The van der Waals surface area contributed by atoms with Crippen molar-refractivity contribution >= 4 is 17.4 Å². The fourth-order valence-electron chi connectivity index (χ4n) is 3.44. The monoisotopic (exact) mass is 413 g/mol. The first-order valence-electron chi connectivity index (χ1n) is 9.64. The molecule has 2 aromatic rings. The maximum Gasteiger partial charge on any atom is 0.295 e. The number of ether oxygens (including phenoxy) is 2. The Morgan fingerprint density at radius 2 is 1.80 bits per heavy atom. The number of aliphatic hydroxyl groups is 1. The van der Waals surface area contributed by atoms with Crippen LogP contribution < -0.4 is 4.74 Å². The molecule has 0 spiro atoms. The molecule has 7 heteroatoms. The Morgan fingerprint density at radius 1 is 1.13 bits per heavy atom. The molecule has 3 rings (SSSR count). The van der Waals surface area contributed by atoms with E-state index in [1.165, 1.54) is 30.2 Å². The van der Waals surface area contributed by atoms with Crippen molar-refractivity contribution in [2.45, 2.75) is 26.0 Å². The number of hydrogen-bond donors (Lipinski definition) is 1. The van der Waals surface area contributed by atoms with Gasteiger partial charge in [0.05, 0.1) is 24.3 Å². The number of aliphatic hydroxyl groups excluding tert-OH is 1. The smallest absolute Gasteiger partial charge is 0.295 e. The van der Waals surface area contributed by atoms with Crippen molar-refractivity contribution in [1.29, 1.82) is 0 Å². The zero-order valence-electron chi connectivity index (χ0n) is 17.1. The highest BCUT2D eigenvalue weighted by molar-refractivity contribution is 6.46. The largest absolute Gasteiger partial charge is 0.507 e. The molecule has 0 aromatic heterocycles. The zero-order valence-corrected chi connectivity index (χ0v) is 17.1. The predicted molar refractivity (Wildman–Crippen MR) is 109 cm³/mol. The van der Waals surface area contributed by atoms with Crippen LogP contribution in [0.4, 0.5) is 4.39 Å². The molecule has 0 aliphatic carbocycles. The fourth-order valence-corrected chi connectivity index (χ4v) is 3.44. The second-order valence-electron chi connectivity index (χ2n) is 7.20. The number of benzene rings is 2. The maximum absolute atomic E-state index is 14.6. The van der Waals surface area contributed by atoms with Crippen LogP contribution in [0, 0.1) is 5.82 Å². The van der Waals surface area contributed by atoms with Gasteiger partial charge in [-0.05, 0) is 44.2 Å². The van der Waals surface area contributed by atoms with Gasteiger partial charge in [0.1, 0.15) is 17.3 Å². The third-order valence-electron chi connectivity index (χ3n) is 4.78. The van der Waals surface area contributed by atoms with Gasteiger partial charge < -0.3 is 19.5 Å². The molecule has 1 aliphatic rings. The Hall–Kier alpha value is -3.19. The van der Waals surface area contributed by atoms with Crippen LogP contribution in [0.15, 0.2) is 54.1 Å². The lowest BCUT2D eigenvalue weighted by Gasteiger charge is -2.25. The van der Waals surface area contributed by atoms with Crippen LogP contribution in [0.1, 0.15) is 31.0 Å². The van der Waals surface area contributed by atoms with E-state index in [4.69, 9.17) is 9.47 Å². The Bertz CT molecular complexity index is 968. The van der Waals surface area contributed by atoms with Gasteiger partial charge in [-0.25, -0.2) is 4.39 Å². The molecule has 30 heavy (non-hydrogen) atoms. The van der Waals surface area contributed by atoms with Gasteiger partial charge in [-0.3, -0.25) is 9.59 Å². The molecule has 0 saturated carbocycles. The molecule has 1 N–H and O–H groups in total. The summed E-state index contributed by atoms with van der Waals surface area (Å²) >= 11 is 0. The van der Waals surface area contributed by atoms with Crippen molar-refractivity contribution in [2.24, 2.45) is 0 Å². The van der Waals surface area contributed by atoms with Crippen molar-refractivity contribution in [3.8, 4) is 5.75 Å². The Balaban J connectivity index is 2.10. The molecule has 1 unspecified atom stereocenters. The Kier molecular flexibility index (Phi) is 6.52. The third kappa shape index (κ3) is 4.21. The predicted octanol–water partition coefficient (Wildman–Crippen LogP) is 3.68. The van der Waals surface area contributed by atoms with Gasteiger partial charge >= 0.3 is 0 Å². The average Bonchev–Trinajstić information content (AvgIpc) is 2.96. The molecule has 1 atom stereocenters. The van der Waals surface area contributed by atoms with Crippen molar-refractivity contribution in [1.82, 2.24) is 4.90 Å². The lowest BCUT2D eigenvalue weighted by molar-refractivity contribution is -0.140. The van der Waals surface area contributed by atoms with E-state index in [0.717, 1.165) is 0 Å². The first-order chi connectivity index (χ1) is 14.3. The number of likely N-dealkylation sites (tertiary alicyclic amines) is 1. The van der Waals surface area contributed by atoms with Crippen LogP contribution in [0.2, 0.25) is 0 Å². The number of methoxy groups -OCH3 is 1. The highest BCUT2D eigenvalue weighted by atomic mass is 19.1. The first kappa shape index (κ1) is 21.5. The van der Waals surface area contributed by atoms with Gasteiger partial charge in [0, 0.05) is 24.8 Å². The van der Waals surface area contributed by atoms with E-state index in [9.17, 15) is 19.1 Å². The molecule has 158 valence electrons. The molecule has 0 radical (unpaired) electrons. The molecule has 1 fully saturated rings. The number of carbonyl (C=O) groups excluding carboxylic acids is 2. The normalized spacial score (nSPS) is 18.3. The third-order valence-corrected chi connectivity index (χ3v) is 4.78. The number of nitrogens with zero attached hydrogens (tertiary/aromatic N) is 1. The molecular formula is C23H24FNO5. The molecule has 1 amide bonds. The van der Waals surface area contributed by atoms with E-state index in [2.05, 4.69) is 0 Å². The molecular weight excluding hydrogens is 389 g/mol. The summed E-state index contributed by atoms with van der Waals surface area (Å²) in [5.74, 6) is -2.00. The first-order valence-corrected chi connectivity index (χ1v) is 9.64. The van der Waals surface area contributed by atoms with Crippen LogP contribution in [0.5, 0.6) is 5.75 Å². The minimum atomic E-state index is -1.05. The van der Waals surface area contributed by atoms with E-state index in [1.807, 2.05) is 13.8 Å². The van der Waals surface area contributed by atoms with Crippen molar-refractivity contribution in [3.05, 3.63) is 71.0 Å². The van der Waals surface area contributed by atoms with Gasteiger partial charge in [-0.1, -0.05) is 18.2 Å². The van der Waals surface area contributed by atoms with Crippen LogP contribution >= 0.6 is 0 Å². The molecule has 1 heterocycles.